The largest absolute Gasteiger partial charge is 0.481 e. The molecule has 0 aliphatic rings. The first-order valence-electron chi connectivity index (χ1n) is 12.9. The van der Waals surface area contributed by atoms with Crippen LogP contribution in [-0.2, 0) is 19.1 Å². The predicted molar refractivity (Wildman–Crippen MR) is 128 cm³/mol. The standard InChI is InChI=1S/C16H30O3.C10H20O2/c1-3-5-7-9-11-13-15(17)19-16(18)14-12-10-8-6-4-2;1-2-3-4-5-6-7-8-9-10(11)12/h3-14H2,1-2H3;2-9H2,1H3,(H,11,12). The van der Waals surface area contributed by atoms with Crippen molar-refractivity contribution in [3.63, 3.8) is 0 Å². The molecule has 184 valence electrons. The minimum atomic E-state index is -0.663. The second-order valence-corrected chi connectivity index (χ2v) is 8.44. The van der Waals surface area contributed by atoms with Gasteiger partial charge in [-0.3, -0.25) is 14.4 Å². The molecule has 0 rings (SSSR count). The van der Waals surface area contributed by atoms with Crippen molar-refractivity contribution in [2.75, 3.05) is 0 Å². The van der Waals surface area contributed by atoms with Crippen molar-refractivity contribution >= 4 is 17.9 Å². The Morgan fingerprint density at radius 1 is 0.484 bits per heavy atom. The molecule has 0 spiro atoms. The van der Waals surface area contributed by atoms with Crippen LogP contribution in [0.1, 0.15) is 149 Å². The molecule has 31 heavy (non-hydrogen) atoms. The lowest BCUT2D eigenvalue weighted by molar-refractivity contribution is -0.159. The highest BCUT2D eigenvalue weighted by Gasteiger charge is 2.09. The summed E-state index contributed by atoms with van der Waals surface area (Å²) in [5.74, 6) is -1.37. The molecule has 0 bridgehead atoms. The van der Waals surface area contributed by atoms with Crippen LogP contribution in [0.2, 0.25) is 0 Å². The first kappa shape index (κ1) is 31.8. The molecule has 0 atom stereocenters. The van der Waals surface area contributed by atoms with E-state index in [4.69, 9.17) is 9.84 Å². The number of rotatable bonds is 20. The van der Waals surface area contributed by atoms with E-state index in [2.05, 4.69) is 20.8 Å². The quantitative estimate of drug-likeness (QED) is 0.117. The molecule has 5 heteroatoms. The van der Waals surface area contributed by atoms with E-state index in [0.29, 0.717) is 19.3 Å². The van der Waals surface area contributed by atoms with Gasteiger partial charge in [0.05, 0.1) is 0 Å². The number of esters is 2. The van der Waals surface area contributed by atoms with Crippen LogP contribution in [0.25, 0.3) is 0 Å². The van der Waals surface area contributed by atoms with Gasteiger partial charge in [0.25, 0.3) is 0 Å². The third kappa shape index (κ3) is 30.9. The number of hydrogen-bond acceptors (Lipinski definition) is 4. The van der Waals surface area contributed by atoms with Gasteiger partial charge >= 0.3 is 17.9 Å². The van der Waals surface area contributed by atoms with Gasteiger partial charge in [0, 0.05) is 19.3 Å². The van der Waals surface area contributed by atoms with Crippen LogP contribution < -0.4 is 0 Å². The van der Waals surface area contributed by atoms with Gasteiger partial charge in [0.1, 0.15) is 0 Å². The van der Waals surface area contributed by atoms with E-state index in [1.165, 1.54) is 57.8 Å². The molecule has 0 saturated heterocycles. The molecule has 0 aliphatic heterocycles. The number of carboxylic acids is 1. The number of carbonyl (C=O) groups is 3. The molecular weight excluding hydrogens is 392 g/mol. The van der Waals surface area contributed by atoms with Crippen molar-refractivity contribution in [3.8, 4) is 0 Å². The molecule has 0 saturated carbocycles. The maximum atomic E-state index is 11.4. The molecule has 0 aromatic carbocycles. The van der Waals surface area contributed by atoms with E-state index >= 15 is 0 Å². The summed E-state index contributed by atoms with van der Waals surface area (Å²) < 4.78 is 4.79. The minimum Gasteiger partial charge on any atom is -0.481 e. The van der Waals surface area contributed by atoms with Gasteiger partial charge in [0.15, 0.2) is 0 Å². The van der Waals surface area contributed by atoms with E-state index in [9.17, 15) is 14.4 Å². The fourth-order valence-electron chi connectivity index (χ4n) is 3.21. The third-order valence-electron chi connectivity index (χ3n) is 5.19. The Morgan fingerprint density at radius 3 is 1.10 bits per heavy atom. The highest BCUT2D eigenvalue weighted by Crippen LogP contribution is 2.09. The van der Waals surface area contributed by atoms with Gasteiger partial charge in [-0.2, -0.15) is 0 Å². The van der Waals surface area contributed by atoms with Crippen LogP contribution in [0.5, 0.6) is 0 Å². The Labute approximate surface area is 191 Å². The summed E-state index contributed by atoms with van der Waals surface area (Å²) in [6.45, 7) is 6.52. The lowest BCUT2D eigenvalue weighted by atomic mass is 10.1. The Balaban J connectivity index is 0. The van der Waals surface area contributed by atoms with Crippen molar-refractivity contribution in [3.05, 3.63) is 0 Å². The zero-order chi connectivity index (χ0) is 23.6. The minimum absolute atomic E-state index is 0.341. The molecule has 0 fully saturated rings. The monoisotopic (exact) mass is 442 g/mol. The van der Waals surface area contributed by atoms with E-state index < -0.39 is 5.97 Å². The Bertz CT molecular complexity index is 396. The van der Waals surface area contributed by atoms with Crippen molar-refractivity contribution in [2.45, 2.75) is 149 Å². The zero-order valence-corrected chi connectivity index (χ0v) is 20.7. The lowest BCUT2D eigenvalue weighted by Crippen LogP contribution is -2.11. The Kier molecular flexibility index (Phi) is 27.3. The van der Waals surface area contributed by atoms with Crippen LogP contribution in [0, 0.1) is 0 Å². The maximum absolute atomic E-state index is 11.4. The van der Waals surface area contributed by atoms with E-state index in [1.54, 1.807) is 0 Å². The normalized spacial score (nSPS) is 10.3. The zero-order valence-electron chi connectivity index (χ0n) is 20.7. The van der Waals surface area contributed by atoms with Crippen molar-refractivity contribution < 1.29 is 24.2 Å². The third-order valence-corrected chi connectivity index (χ3v) is 5.19. The Morgan fingerprint density at radius 2 is 0.774 bits per heavy atom. The predicted octanol–water partition coefficient (Wildman–Crippen LogP) is 7.99. The summed E-state index contributed by atoms with van der Waals surface area (Å²) in [7, 11) is 0. The van der Waals surface area contributed by atoms with Crippen molar-refractivity contribution in [1.82, 2.24) is 0 Å². The highest BCUT2D eigenvalue weighted by atomic mass is 16.6. The molecule has 0 aromatic rings. The average molecular weight is 443 g/mol. The number of carbonyl (C=O) groups excluding carboxylic acids is 2. The van der Waals surface area contributed by atoms with Gasteiger partial charge in [-0.05, 0) is 19.3 Å². The lowest BCUT2D eigenvalue weighted by Gasteiger charge is -2.03. The van der Waals surface area contributed by atoms with E-state index in [-0.39, 0.29) is 11.9 Å². The van der Waals surface area contributed by atoms with Gasteiger partial charge in [-0.25, -0.2) is 0 Å². The van der Waals surface area contributed by atoms with Crippen LogP contribution in [0.3, 0.4) is 0 Å². The van der Waals surface area contributed by atoms with Crippen LogP contribution in [0.4, 0.5) is 0 Å². The van der Waals surface area contributed by atoms with Crippen molar-refractivity contribution in [2.24, 2.45) is 0 Å². The number of unbranched alkanes of at least 4 members (excludes halogenated alkanes) is 14. The Hall–Kier alpha value is -1.39. The summed E-state index contributed by atoms with van der Waals surface area (Å²) in [4.78, 5) is 32.9. The highest BCUT2D eigenvalue weighted by molar-refractivity contribution is 5.85. The first-order valence-corrected chi connectivity index (χ1v) is 12.9. The number of carboxylic acid groups (broad SMARTS) is 1. The van der Waals surface area contributed by atoms with Gasteiger partial charge in [-0.1, -0.05) is 111 Å². The molecule has 0 aliphatic carbocycles. The molecule has 5 nitrogen and oxygen atoms in total. The topological polar surface area (TPSA) is 80.7 Å². The SMILES string of the molecule is CCCCCCCC(=O)OC(=O)CCCCCCC.CCCCCCCCCC(=O)O. The average Bonchev–Trinajstić information content (AvgIpc) is 2.73. The van der Waals surface area contributed by atoms with Gasteiger partial charge < -0.3 is 9.84 Å². The van der Waals surface area contributed by atoms with Crippen LogP contribution in [-0.4, -0.2) is 23.0 Å². The number of hydrogen-bond donors (Lipinski definition) is 1. The second-order valence-electron chi connectivity index (χ2n) is 8.44. The second kappa shape index (κ2) is 26.6. The van der Waals surface area contributed by atoms with Crippen molar-refractivity contribution in [1.29, 1.82) is 0 Å². The molecule has 0 aromatic heterocycles. The maximum Gasteiger partial charge on any atom is 0.313 e. The number of ether oxygens (including phenoxy) is 1. The summed E-state index contributed by atoms with van der Waals surface area (Å²) in [6.07, 6.45) is 20.3. The summed E-state index contributed by atoms with van der Waals surface area (Å²) >= 11 is 0. The fraction of sp³-hybridized carbons (Fsp3) is 0.885. The summed E-state index contributed by atoms with van der Waals surface area (Å²) in [5.41, 5.74) is 0. The van der Waals surface area contributed by atoms with Crippen LogP contribution in [0.15, 0.2) is 0 Å². The van der Waals surface area contributed by atoms with Gasteiger partial charge in [0.2, 0.25) is 0 Å². The van der Waals surface area contributed by atoms with E-state index in [0.717, 1.165) is 51.4 Å². The molecule has 0 unspecified atom stereocenters. The summed E-state index contributed by atoms with van der Waals surface area (Å²) in [6, 6.07) is 0. The van der Waals surface area contributed by atoms with E-state index in [1.807, 2.05) is 0 Å². The first-order chi connectivity index (χ1) is 15.0. The summed E-state index contributed by atoms with van der Waals surface area (Å²) in [5, 5.41) is 8.35. The molecule has 1 N–H and O–H groups in total. The molecule has 0 heterocycles. The molecule has 0 radical (unpaired) electrons. The smallest absolute Gasteiger partial charge is 0.313 e. The van der Waals surface area contributed by atoms with Gasteiger partial charge in [-0.15, -0.1) is 0 Å². The molecular formula is C26H50O5. The van der Waals surface area contributed by atoms with Crippen LogP contribution >= 0.6 is 0 Å². The fourth-order valence-corrected chi connectivity index (χ4v) is 3.21. The molecule has 0 amide bonds. The number of aliphatic carboxylic acids is 1.